The quantitative estimate of drug-likeness (QED) is 0.193. The van der Waals surface area contributed by atoms with E-state index < -0.39 is 0 Å². The molecule has 7 aromatic carbocycles. The second-order valence-corrected chi connectivity index (χ2v) is 11.5. The second-order valence-electron chi connectivity index (χ2n) is 11.5. The zero-order valence-electron chi connectivity index (χ0n) is 24.8. The van der Waals surface area contributed by atoms with Crippen molar-refractivity contribution in [2.24, 2.45) is 0 Å². The predicted molar refractivity (Wildman–Crippen MR) is 189 cm³/mol. The van der Waals surface area contributed by atoms with E-state index in [1.165, 1.54) is 21.9 Å². The van der Waals surface area contributed by atoms with Gasteiger partial charge >= 0.3 is 0 Å². The molecule has 0 atom stereocenters. The molecule has 0 N–H and O–H groups in total. The van der Waals surface area contributed by atoms with Gasteiger partial charge in [-0.3, -0.25) is 4.98 Å². The van der Waals surface area contributed by atoms with E-state index in [-0.39, 0.29) is 0 Å². The van der Waals surface area contributed by atoms with Gasteiger partial charge in [-0.25, -0.2) is 15.0 Å². The number of fused-ring (bicyclic) bond motifs is 6. The molecule has 46 heavy (non-hydrogen) atoms. The third-order valence-corrected chi connectivity index (χ3v) is 8.72. The Labute approximate surface area is 265 Å². The van der Waals surface area contributed by atoms with Crippen molar-refractivity contribution in [3.63, 3.8) is 0 Å². The minimum Gasteiger partial charge on any atom is -0.256 e. The van der Waals surface area contributed by atoms with E-state index in [9.17, 15) is 0 Å². The molecule has 4 heteroatoms. The Morgan fingerprint density at radius 2 is 1.00 bits per heavy atom. The minimum absolute atomic E-state index is 0.633. The second kappa shape index (κ2) is 10.7. The van der Waals surface area contributed by atoms with E-state index in [1.807, 2.05) is 48.7 Å². The first-order valence-electron chi connectivity index (χ1n) is 15.4. The molecule has 0 bridgehead atoms. The molecule has 0 aliphatic rings. The van der Waals surface area contributed by atoms with Crippen LogP contribution >= 0.6 is 0 Å². The van der Waals surface area contributed by atoms with Crippen molar-refractivity contribution >= 4 is 43.2 Å². The van der Waals surface area contributed by atoms with Crippen LogP contribution in [0.2, 0.25) is 0 Å². The molecule has 0 aliphatic carbocycles. The summed E-state index contributed by atoms with van der Waals surface area (Å²) in [5.74, 6) is 1.91. The molecule has 0 unspecified atom stereocenters. The monoisotopic (exact) mass is 586 g/mol. The largest absolute Gasteiger partial charge is 0.256 e. The third kappa shape index (κ3) is 4.47. The van der Waals surface area contributed by atoms with Gasteiger partial charge in [0.1, 0.15) is 0 Å². The average molecular weight is 587 g/mol. The summed E-state index contributed by atoms with van der Waals surface area (Å²) in [6.07, 6.45) is 1.84. The fourth-order valence-corrected chi connectivity index (χ4v) is 6.48. The van der Waals surface area contributed by atoms with Crippen molar-refractivity contribution in [3.8, 4) is 45.3 Å². The van der Waals surface area contributed by atoms with E-state index in [0.717, 1.165) is 49.1 Å². The third-order valence-electron chi connectivity index (χ3n) is 8.72. The lowest BCUT2D eigenvalue weighted by atomic mass is 9.94. The Hall–Kier alpha value is -6.26. The first-order chi connectivity index (χ1) is 22.8. The van der Waals surface area contributed by atoms with Crippen molar-refractivity contribution in [2.75, 3.05) is 0 Å². The van der Waals surface area contributed by atoms with Crippen LogP contribution < -0.4 is 0 Å². The van der Waals surface area contributed by atoms with Gasteiger partial charge in [-0.1, -0.05) is 121 Å². The molecule has 0 fully saturated rings. The molecule has 0 aliphatic heterocycles. The summed E-state index contributed by atoms with van der Waals surface area (Å²) in [6, 6.07) is 52.8. The van der Waals surface area contributed by atoms with Gasteiger partial charge in [0.25, 0.3) is 0 Å². The van der Waals surface area contributed by atoms with Crippen LogP contribution in [0.3, 0.4) is 0 Å². The maximum absolute atomic E-state index is 5.21. The molecule has 0 amide bonds. The topological polar surface area (TPSA) is 51.6 Å². The lowest BCUT2D eigenvalue weighted by Gasteiger charge is -2.14. The molecule has 2 heterocycles. The van der Waals surface area contributed by atoms with Crippen LogP contribution in [0.1, 0.15) is 0 Å². The maximum atomic E-state index is 5.21. The number of aromatic nitrogens is 4. The van der Waals surface area contributed by atoms with Crippen LogP contribution in [0.25, 0.3) is 88.5 Å². The Morgan fingerprint density at radius 1 is 0.348 bits per heavy atom. The van der Waals surface area contributed by atoms with Gasteiger partial charge in [-0.15, -0.1) is 0 Å². The molecule has 214 valence electrons. The first kappa shape index (κ1) is 26.2. The van der Waals surface area contributed by atoms with Gasteiger partial charge in [-0.05, 0) is 68.4 Å². The van der Waals surface area contributed by atoms with Crippen LogP contribution in [-0.2, 0) is 0 Å². The van der Waals surface area contributed by atoms with Crippen LogP contribution in [0.15, 0.2) is 158 Å². The summed E-state index contributed by atoms with van der Waals surface area (Å²) in [5, 5.41) is 7.94. The lowest BCUT2D eigenvalue weighted by Crippen LogP contribution is -2.01. The number of pyridine rings is 1. The highest BCUT2D eigenvalue weighted by Gasteiger charge is 2.18. The Kier molecular flexibility index (Phi) is 6.10. The first-order valence-corrected chi connectivity index (χ1v) is 15.4. The summed E-state index contributed by atoms with van der Waals surface area (Å²) >= 11 is 0. The highest BCUT2D eigenvalue weighted by atomic mass is 15.0. The zero-order chi connectivity index (χ0) is 30.5. The molecule has 2 aromatic heterocycles. The average Bonchev–Trinajstić information content (AvgIpc) is 3.14. The zero-order valence-corrected chi connectivity index (χ0v) is 24.8. The molecule has 0 saturated heterocycles. The van der Waals surface area contributed by atoms with Crippen LogP contribution in [-0.4, -0.2) is 19.9 Å². The molecule has 0 saturated carbocycles. The highest BCUT2D eigenvalue weighted by Crippen LogP contribution is 2.39. The van der Waals surface area contributed by atoms with Crippen molar-refractivity contribution in [3.05, 3.63) is 158 Å². The number of hydrogen-bond donors (Lipinski definition) is 0. The maximum Gasteiger partial charge on any atom is 0.164 e. The van der Waals surface area contributed by atoms with Gasteiger partial charge in [0.15, 0.2) is 17.5 Å². The molecule has 0 spiro atoms. The number of hydrogen-bond acceptors (Lipinski definition) is 4. The standard InChI is InChI=1S/C42H26N4/c1-3-10-27(11-4-1)30-19-17-28-18-20-32(25-33(28)24-30)41-44-40(29-12-5-2-6-13-29)45-42(46-41)37-26-31-14-7-8-15-34(31)35-21-22-38-36(39(35)37)16-9-23-43-38/h1-26H. The number of rotatable bonds is 4. The number of benzene rings is 7. The molecule has 9 aromatic rings. The number of nitrogens with zero attached hydrogens (tertiary/aromatic N) is 4. The van der Waals surface area contributed by atoms with Crippen molar-refractivity contribution in [1.29, 1.82) is 0 Å². The van der Waals surface area contributed by atoms with E-state index in [2.05, 4.69) is 114 Å². The van der Waals surface area contributed by atoms with Crippen molar-refractivity contribution < 1.29 is 0 Å². The SMILES string of the molecule is c1ccc(-c2ccc3ccc(-c4nc(-c5ccccc5)nc(-c5cc6ccccc6c6ccc7ncccc7c56)n4)cc3c2)cc1. The highest BCUT2D eigenvalue weighted by molar-refractivity contribution is 6.22. The van der Waals surface area contributed by atoms with Crippen molar-refractivity contribution in [1.82, 2.24) is 19.9 Å². The molecule has 0 radical (unpaired) electrons. The van der Waals surface area contributed by atoms with E-state index in [4.69, 9.17) is 15.0 Å². The van der Waals surface area contributed by atoms with E-state index in [0.29, 0.717) is 17.5 Å². The van der Waals surface area contributed by atoms with Crippen molar-refractivity contribution in [2.45, 2.75) is 0 Å². The van der Waals surface area contributed by atoms with Gasteiger partial charge in [-0.2, -0.15) is 0 Å². The molecular formula is C42H26N4. The molecular weight excluding hydrogens is 560 g/mol. The van der Waals surface area contributed by atoms with Gasteiger partial charge < -0.3 is 0 Å². The van der Waals surface area contributed by atoms with E-state index >= 15 is 0 Å². The summed E-state index contributed by atoms with van der Waals surface area (Å²) in [5.41, 5.74) is 6.14. The summed E-state index contributed by atoms with van der Waals surface area (Å²) in [7, 11) is 0. The predicted octanol–water partition coefficient (Wildman–Crippen LogP) is 10.5. The van der Waals surface area contributed by atoms with Gasteiger partial charge in [0.05, 0.1) is 5.52 Å². The Balaban J connectivity index is 1.31. The summed E-state index contributed by atoms with van der Waals surface area (Å²) in [4.78, 5) is 20.1. The normalized spacial score (nSPS) is 11.5. The van der Waals surface area contributed by atoms with Gasteiger partial charge in [0.2, 0.25) is 0 Å². The fraction of sp³-hybridized carbons (Fsp3) is 0. The molecule has 4 nitrogen and oxygen atoms in total. The van der Waals surface area contributed by atoms with E-state index in [1.54, 1.807) is 0 Å². The fourth-order valence-electron chi connectivity index (χ4n) is 6.48. The van der Waals surface area contributed by atoms with Crippen LogP contribution in [0, 0.1) is 0 Å². The minimum atomic E-state index is 0.633. The van der Waals surface area contributed by atoms with Gasteiger partial charge in [0, 0.05) is 33.7 Å². The summed E-state index contributed by atoms with van der Waals surface area (Å²) < 4.78 is 0. The van der Waals surface area contributed by atoms with Crippen LogP contribution in [0.5, 0.6) is 0 Å². The lowest BCUT2D eigenvalue weighted by molar-refractivity contribution is 1.08. The van der Waals surface area contributed by atoms with Crippen LogP contribution in [0.4, 0.5) is 0 Å². The Bertz CT molecular complexity index is 2580. The summed E-state index contributed by atoms with van der Waals surface area (Å²) in [6.45, 7) is 0. The smallest absolute Gasteiger partial charge is 0.164 e. The Morgan fingerprint density at radius 3 is 1.83 bits per heavy atom. The molecule has 9 rings (SSSR count).